The van der Waals surface area contributed by atoms with Crippen LogP contribution in [-0.2, 0) is 148 Å². The van der Waals surface area contributed by atoms with Crippen LogP contribution in [0.1, 0.15) is 152 Å². The first-order valence-electron chi connectivity index (χ1n) is 37.8. The average Bonchev–Trinajstić information content (AvgIpc) is 0.803. The van der Waals surface area contributed by atoms with Gasteiger partial charge in [-0.3, -0.25) is 67.1 Å². The van der Waals surface area contributed by atoms with Crippen LogP contribution >= 0.6 is 0 Å². The fraction of sp³-hybridized carbons (Fsp3) is 0.803. The van der Waals surface area contributed by atoms with Gasteiger partial charge in [0.15, 0.2) is 49.4 Å². The summed E-state index contributed by atoms with van der Waals surface area (Å²) in [4.78, 5) is 170. The normalized spacial score (nSPS) is 23.8. The molecule has 3 rings (SSSR count). The molecular weight excluding hydrogens is 1500 g/mol. The maximum atomic E-state index is 12.8. The standard InChI is InChI=1S/C71H120N10O32/c1-42(82)103-36-50-63(106-45(4)85)62(96)59(72)68(111-50)100-30-12-9-18-53(90)76-24-15-27-79-56(93)21-33-97-39-71(75,40-98-34-22-57(94)80-28-16-25-77-54(91)19-10-13-31-101-69-60(73)66(109-48(7)88)64(107-46(5)86)51(112-69)37-104-43(2)83)41-99-35-23-58(95)81-29-17-26-78-55(92)20-11-14-32-102-70-61(74)67(110-49(8)89)65(108-47(6)87)52(113-70)38-105-44(3)84/h50-52,59-70,96H,9-41,72-75H2,1-8H3,(H,76,90)(H,77,91)(H,78,92)(H,79,93)(H,80,94)(H,81,95). The average molecular weight is 1630 g/mol. The molecule has 0 aromatic rings. The Morgan fingerprint density at radius 1 is 0.319 bits per heavy atom. The number of aliphatic hydroxyl groups excluding tert-OH is 1. The van der Waals surface area contributed by atoms with Crippen molar-refractivity contribution >= 4 is 83.2 Å². The lowest BCUT2D eigenvalue weighted by Crippen LogP contribution is -2.64. The molecule has 15 unspecified atom stereocenters. The first kappa shape index (κ1) is 99.2. The molecule has 113 heavy (non-hydrogen) atoms. The third-order valence-corrected chi connectivity index (χ3v) is 16.8. The number of rotatable bonds is 56. The number of esters is 8. The summed E-state index contributed by atoms with van der Waals surface area (Å²) in [5.41, 5.74) is 24.2. The summed E-state index contributed by atoms with van der Waals surface area (Å²) < 4.78 is 94.1. The van der Waals surface area contributed by atoms with Gasteiger partial charge in [0.25, 0.3) is 0 Å². The van der Waals surface area contributed by atoms with Crippen LogP contribution in [0, 0.1) is 0 Å². The van der Waals surface area contributed by atoms with Gasteiger partial charge in [0.1, 0.15) is 44.2 Å². The number of ether oxygens (including phenoxy) is 17. The molecule has 0 aliphatic carbocycles. The molecule has 3 heterocycles. The summed E-state index contributed by atoms with van der Waals surface area (Å²) >= 11 is 0. The molecule has 0 saturated carbocycles. The van der Waals surface area contributed by atoms with Crippen LogP contribution in [0.4, 0.5) is 0 Å². The monoisotopic (exact) mass is 1620 g/mol. The van der Waals surface area contributed by atoms with Gasteiger partial charge in [-0.1, -0.05) is 0 Å². The van der Waals surface area contributed by atoms with Crippen molar-refractivity contribution in [2.24, 2.45) is 22.9 Å². The SMILES string of the molecule is CC(=O)OCC1OC(OCCCCC(=O)NCCCNC(=O)CCOCC(N)(COCCC(=O)NCCCNC(=O)CCCCOC2OC(COC(C)=O)C(OC(C)=O)C(OC(C)=O)C2N)COCCC(=O)NCCCNC(=O)CCCCOC2OC(COC(C)=O)C(OC(C)=O)C(OC(C)=O)C2N)C(N)C(O)C1OC(C)=O. The Balaban J connectivity index is 1.39. The highest BCUT2D eigenvalue weighted by atomic mass is 16.7. The summed E-state index contributed by atoms with van der Waals surface area (Å²) in [6.07, 6.45) is -9.93. The Morgan fingerprint density at radius 2 is 0.566 bits per heavy atom. The number of amides is 6. The topological polar surface area (TPSA) is 592 Å². The zero-order valence-corrected chi connectivity index (χ0v) is 65.9. The fourth-order valence-corrected chi connectivity index (χ4v) is 11.3. The molecule has 0 aromatic carbocycles. The number of nitrogens with one attached hydrogen (secondary N) is 6. The van der Waals surface area contributed by atoms with E-state index in [4.69, 9.17) is 103 Å². The number of nitrogens with two attached hydrogens (primary N) is 4. The molecule has 0 spiro atoms. The molecule has 3 saturated heterocycles. The van der Waals surface area contributed by atoms with Crippen LogP contribution < -0.4 is 54.8 Å². The number of hydrogen-bond acceptors (Lipinski definition) is 36. The molecule has 3 fully saturated rings. The lowest BCUT2D eigenvalue weighted by atomic mass is 9.97. The summed E-state index contributed by atoms with van der Waals surface area (Å²) in [5.74, 6) is -7.13. The molecule has 15 atom stereocenters. The second kappa shape index (κ2) is 55.5. The molecule has 0 radical (unpaired) electrons. The third-order valence-electron chi connectivity index (χ3n) is 16.8. The van der Waals surface area contributed by atoms with Crippen LogP contribution in [0.3, 0.4) is 0 Å². The van der Waals surface area contributed by atoms with E-state index in [2.05, 4.69) is 31.9 Å². The molecule has 0 aromatic heterocycles. The first-order chi connectivity index (χ1) is 53.7. The predicted molar refractivity (Wildman–Crippen MR) is 388 cm³/mol. The summed E-state index contributed by atoms with van der Waals surface area (Å²) in [7, 11) is 0. The predicted octanol–water partition coefficient (Wildman–Crippen LogP) is -3.80. The largest absolute Gasteiger partial charge is 0.463 e. The Kier molecular flexibility index (Phi) is 48.7. The summed E-state index contributed by atoms with van der Waals surface area (Å²) in [5, 5.41) is 27.4. The van der Waals surface area contributed by atoms with E-state index < -0.39 is 145 Å². The van der Waals surface area contributed by atoms with Crippen molar-refractivity contribution in [3.8, 4) is 0 Å². The summed E-state index contributed by atoms with van der Waals surface area (Å²) in [6, 6.07) is -3.27. The molecule has 3 aliphatic rings. The maximum Gasteiger partial charge on any atom is 0.303 e. The summed E-state index contributed by atoms with van der Waals surface area (Å²) in [6.45, 7) is 9.41. The zero-order valence-electron chi connectivity index (χ0n) is 65.9. The van der Waals surface area contributed by atoms with E-state index in [9.17, 15) is 72.2 Å². The van der Waals surface area contributed by atoms with Gasteiger partial charge in [0.2, 0.25) is 35.4 Å². The van der Waals surface area contributed by atoms with Gasteiger partial charge >= 0.3 is 47.8 Å². The van der Waals surface area contributed by atoms with Gasteiger partial charge in [0, 0.05) is 153 Å². The highest BCUT2D eigenvalue weighted by Gasteiger charge is 2.52. The third kappa shape index (κ3) is 42.8. The highest BCUT2D eigenvalue weighted by molar-refractivity contribution is 5.78. The number of unbranched alkanes of at least 4 members (excludes halogenated alkanes) is 3. The number of aliphatic hydroxyl groups is 1. The van der Waals surface area contributed by atoms with Crippen LogP contribution in [0.15, 0.2) is 0 Å². The minimum Gasteiger partial charge on any atom is -0.463 e. The van der Waals surface area contributed by atoms with E-state index in [0.717, 1.165) is 34.6 Å². The fourth-order valence-electron chi connectivity index (χ4n) is 11.3. The highest BCUT2D eigenvalue weighted by Crippen LogP contribution is 2.30. The molecule has 3 aliphatic heterocycles. The Labute approximate surface area is 656 Å². The van der Waals surface area contributed by atoms with Crippen LogP contribution in [0.25, 0.3) is 0 Å². The molecule has 15 N–H and O–H groups in total. The van der Waals surface area contributed by atoms with E-state index in [1.807, 2.05) is 0 Å². The molecule has 646 valence electrons. The quantitative estimate of drug-likeness (QED) is 0.0158. The van der Waals surface area contributed by atoms with Crippen LogP contribution in [0.2, 0.25) is 0 Å². The van der Waals surface area contributed by atoms with Gasteiger partial charge in [-0.2, -0.15) is 0 Å². The maximum absolute atomic E-state index is 12.8. The Morgan fingerprint density at radius 3 is 0.841 bits per heavy atom. The van der Waals surface area contributed by atoms with E-state index >= 15 is 0 Å². The second-order valence-corrected chi connectivity index (χ2v) is 27.0. The molecular formula is C71H120N10O32. The van der Waals surface area contributed by atoms with Gasteiger partial charge < -0.3 is 140 Å². The minimum atomic E-state index is -1.38. The van der Waals surface area contributed by atoms with Gasteiger partial charge in [-0.15, -0.1) is 0 Å². The van der Waals surface area contributed by atoms with Crippen molar-refractivity contribution in [3.63, 3.8) is 0 Å². The molecule has 6 amide bonds. The van der Waals surface area contributed by atoms with E-state index in [0.29, 0.717) is 57.8 Å². The minimum absolute atomic E-state index is 0.0520. The van der Waals surface area contributed by atoms with E-state index in [1.54, 1.807) is 0 Å². The van der Waals surface area contributed by atoms with E-state index in [1.165, 1.54) is 20.8 Å². The number of carbonyl (C=O) groups excluding carboxylic acids is 14. The van der Waals surface area contributed by atoms with Crippen molar-refractivity contribution in [2.45, 2.75) is 249 Å². The molecule has 42 heteroatoms. The molecule has 42 nitrogen and oxygen atoms in total. The Hall–Kier alpha value is -7.98. The smallest absolute Gasteiger partial charge is 0.303 e. The zero-order chi connectivity index (χ0) is 83.8. The lowest BCUT2D eigenvalue weighted by Gasteiger charge is -2.43. The van der Waals surface area contributed by atoms with Crippen molar-refractivity contribution in [3.05, 3.63) is 0 Å². The van der Waals surface area contributed by atoms with Crippen molar-refractivity contribution in [1.82, 2.24) is 31.9 Å². The molecule has 0 bridgehead atoms. The van der Waals surface area contributed by atoms with Crippen molar-refractivity contribution < 1.29 is 153 Å². The van der Waals surface area contributed by atoms with Crippen LogP contribution in [0.5, 0.6) is 0 Å². The van der Waals surface area contributed by atoms with Gasteiger partial charge in [-0.05, 0) is 57.8 Å². The van der Waals surface area contributed by atoms with Crippen molar-refractivity contribution in [2.75, 3.05) is 119 Å². The number of carbonyl (C=O) groups is 14. The number of hydrogen-bond donors (Lipinski definition) is 11. The van der Waals surface area contributed by atoms with E-state index in [-0.39, 0.29) is 193 Å². The first-order valence-corrected chi connectivity index (χ1v) is 37.8. The van der Waals surface area contributed by atoms with Crippen molar-refractivity contribution in [1.29, 1.82) is 0 Å². The lowest BCUT2D eigenvalue weighted by molar-refractivity contribution is -0.274. The van der Waals surface area contributed by atoms with Crippen LogP contribution in [-0.4, -0.2) is 304 Å². The second-order valence-electron chi connectivity index (χ2n) is 27.0. The van der Waals surface area contributed by atoms with Gasteiger partial charge in [-0.25, -0.2) is 0 Å². The van der Waals surface area contributed by atoms with Gasteiger partial charge in [0.05, 0.1) is 63.3 Å². The Bertz CT molecular complexity index is 2850.